The number of piperazine rings is 1. The number of rotatable bonds is 5. The van der Waals surface area contributed by atoms with E-state index >= 15 is 0 Å². The Balaban J connectivity index is 1.91. The van der Waals surface area contributed by atoms with Crippen LogP contribution in [0, 0.1) is 0 Å². The Hall–Kier alpha value is -0.890. The van der Waals surface area contributed by atoms with E-state index in [-0.39, 0.29) is 5.75 Å². The highest BCUT2D eigenvalue weighted by atomic mass is 35.5. The van der Waals surface area contributed by atoms with Gasteiger partial charge in [-0.3, -0.25) is 4.90 Å². The van der Waals surface area contributed by atoms with E-state index in [0.29, 0.717) is 43.4 Å². The third-order valence-corrected chi connectivity index (χ3v) is 4.87. The highest BCUT2D eigenvalue weighted by molar-refractivity contribution is 7.88. The van der Waals surface area contributed by atoms with Crippen molar-refractivity contribution in [2.75, 3.05) is 32.7 Å². The molecule has 0 amide bonds. The van der Waals surface area contributed by atoms with Gasteiger partial charge < -0.3 is 4.52 Å². The van der Waals surface area contributed by atoms with E-state index in [4.69, 9.17) is 11.6 Å². The zero-order valence-corrected chi connectivity index (χ0v) is 12.0. The highest BCUT2D eigenvalue weighted by Crippen LogP contribution is 2.13. The summed E-state index contributed by atoms with van der Waals surface area (Å²) in [6.07, 6.45) is 1.37. The first kappa shape index (κ1) is 14.5. The quantitative estimate of drug-likeness (QED) is 0.808. The Morgan fingerprint density at radius 2 is 2.11 bits per heavy atom. The smallest absolute Gasteiger partial charge is 0.220 e. The number of nitrogens with zero attached hydrogens (tertiary/aromatic N) is 3. The number of halogens is 1. The Kier molecular flexibility index (Phi) is 4.62. The molecule has 6 nitrogen and oxygen atoms in total. The Labute approximate surface area is 117 Å². The van der Waals surface area contributed by atoms with Gasteiger partial charge in [0.25, 0.3) is 0 Å². The summed E-state index contributed by atoms with van der Waals surface area (Å²) in [4.78, 5) is 2.08. The number of sulfonamides is 1. The molecular formula is C11H16ClN3O3S. The lowest BCUT2D eigenvalue weighted by Crippen LogP contribution is -2.49. The summed E-state index contributed by atoms with van der Waals surface area (Å²) >= 11 is 5.75. The minimum atomic E-state index is -3.33. The van der Waals surface area contributed by atoms with E-state index in [1.165, 1.54) is 10.6 Å². The second-order valence-electron chi connectivity index (χ2n) is 4.44. The second-order valence-corrected chi connectivity index (χ2v) is 6.94. The van der Waals surface area contributed by atoms with E-state index in [0.717, 1.165) is 0 Å². The summed E-state index contributed by atoms with van der Waals surface area (Å²) in [7, 11) is -3.33. The molecule has 1 aromatic heterocycles. The van der Waals surface area contributed by atoms with Crippen molar-refractivity contribution in [3.8, 4) is 0 Å². The molecule has 0 radical (unpaired) electrons. The molecule has 19 heavy (non-hydrogen) atoms. The third-order valence-electron chi connectivity index (χ3n) is 2.94. The molecule has 2 rings (SSSR count). The molecule has 1 aliphatic heterocycles. The van der Waals surface area contributed by atoms with Crippen LogP contribution >= 0.6 is 11.6 Å². The van der Waals surface area contributed by atoms with Gasteiger partial charge in [-0.25, -0.2) is 8.42 Å². The highest BCUT2D eigenvalue weighted by Gasteiger charge is 2.27. The van der Waals surface area contributed by atoms with Crippen molar-refractivity contribution in [2.24, 2.45) is 0 Å². The first-order chi connectivity index (χ1) is 8.97. The summed E-state index contributed by atoms with van der Waals surface area (Å²) in [6, 6.07) is 1.56. The minimum absolute atomic E-state index is 0.119. The second kappa shape index (κ2) is 6.04. The third kappa shape index (κ3) is 4.04. The van der Waals surface area contributed by atoms with Crippen molar-refractivity contribution < 1.29 is 12.9 Å². The topological polar surface area (TPSA) is 66.7 Å². The van der Waals surface area contributed by atoms with Crippen LogP contribution in [0.2, 0.25) is 0 Å². The molecule has 1 aromatic rings. The molecule has 1 aliphatic rings. The maximum atomic E-state index is 12.2. The van der Waals surface area contributed by atoms with Crippen LogP contribution in [-0.4, -0.2) is 55.5 Å². The van der Waals surface area contributed by atoms with Crippen molar-refractivity contribution in [2.45, 2.75) is 5.75 Å². The van der Waals surface area contributed by atoms with Crippen molar-refractivity contribution in [3.05, 3.63) is 29.6 Å². The van der Waals surface area contributed by atoms with Crippen LogP contribution < -0.4 is 0 Å². The van der Waals surface area contributed by atoms with Gasteiger partial charge in [-0.2, -0.15) is 4.31 Å². The zero-order valence-electron chi connectivity index (χ0n) is 10.5. The lowest BCUT2D eigenvalue weighted by molar-refractivity contribution is 0.203. The lowest BCUT2D eigenvalue weighted by Gasteiger charge is -2.33. The van der Waals surface area contributed by atoms with Gasteiger partial charge in [0.15, 0.2) is 0 Å². The monoisotopic (exact) mass is 305 g/mol. The Bertz CT molecular complexity index is 521. The first-order valence-corrected chi connectivity index (χ1v) is 7.89. The predicted molar refractivity (Wildman–Crippen MR) is 72.1 cm³/mol. The van der Waals surface area contributed by atoms with Crippen LogP contribution in [-0.2, 0) is 15.8 Å². The average Bonchev–Trinajstić information content (AvgIpc) is 2.81. The van der Waals surface area contributed by atoms with Gasteiger partial charge in [0.05, 0.1) is 5.69 Å². The van der Waals surface area contributed by atoms with Gasteiger partial charge >= 0.3 is 0 Å². The molecule has 0 unspecified atom stereocenters. The van der Waals surface area contributed by atoms with Gasteiger partial charge in [0, 0.05) is 43.8 Å². The maximum absolute atomic E-state index is 12.2. The minimum Gasteiger partial charge on any atom is -0.364 e. The Morgan fingerprint density at radius 1 is 1.42 bits per heavy atom. The van der Waals surface area contributed by atoms with Gasteiger partial charge in [0.2, 0.25) is 10.0 Å². The van der Waals surface area contributed by atoms with Crippen LogP contribution in [0.15, 0.2) is 28.5 Å². The molecule has 0 saturated carbocycles. The molecule has 1 saturated heterocycles. The summed E-state index contributed by atoms with van der Waals surface area (Å²) in [5, 5.41) is 4.20. The number of hydrogen-bond donors (Lipinski definition) is 0. The molecule has 2 heterocycles. The number of hydrogen-bond acceptors (Lipinski definition) is 5. The fraction of sp³-hybridized carbons (Fsp3) is 0.545. The zero-order chi connectivity index (χ0) is 13.9. The largest absolute Gasteiger partial charge is 0.364 e. The van der Waals surface area contributed by atoms with E-state index < -0.39 is 10.0 Å². The summed E-state index contributed by atoms with van der Waals surface area (Å²) in [5.41, 5.74) is 0.427. The van der Waals surface area contributed by atoms with Crippen LogP contribution in [0.3, 0.4) is 0 Å². The predicted octanol–water partition coefficient (Wildman–Crippen LogP) is 0.875. The Morgan fingerprint density at radius 3 is 2.63 bits per heavy atom. The molecule has 0 aromatic carbocycles. The fourth-order valence-electron chi connectivity index (χ4n) is 2.00. The molecule has 0 spiro atoms. The van der Waals surface area contributed by atoms with Crippen LogP contribution in [0.1, 0.15) is 5.69 Å². The van der Waals surface area contributed by atoms with Gasteiger partial charge in [0.1, 0.15) is 12.0 Å². The van der Waals surface area contributed by atoms with Crippen LogP contribution in [0.4, 0.5) is 0 Å². The van der Waals surface area contributed by atoms with Gasteiger partial charge in [-0.05, 0) is 0 Å². The maximum Gasteiger partial charge on any atom is 0.220 e. The van der Waals surface area contributed by atoms with Crippen LogP contribution in [0.25, 0.3) is 0 Å². The van der Waals surface area contributed by atoms with Crippen molar-refractivity contribution in [1.82, 2.24) is 14.4 Å². The summed E-state index contributed by atoms with van der Waals surface area (Å²) in [5.74, 6) is -0.119. The lowest BCUT2D eigenvalue weighted by atomic mass is 10.3. The van der Waals surface area contributed by atoms with E-state index in [1.54, 1.807) is 6.07 Å². The van der Waals surface area contributed by atoms with Gasteiger partial charge in [-0.1, -0.05) is 23.3 Å². The summed E-state index contributed by atoms with van der Waals surface area (Å²) < 4.78 is 30.5. The van der Waals surface area contributed by atoms with Gasteiger partial charge in [-0.15, -0.1) is 0 Å². The SMILES string of the molecule is C=C(Cl)CN1CCN(S(=O)(=O)Cc2ccon2)CC1. The van der Waals surface area contributed by atoms with Crippen molar-refractivity contribution in [3.63, 3.8) is 0 Å². The molecule has 0 atom stereocenters. The molecule has 0 aliphatic carbocycles. The van der Waals surface area contributed by atoms with E-state index in [2.05, 4.69) is 21.2 Å². The average molecular weight is 306 g/mol. The normalized spacial score (nSPS) is 18.6. The fourth-order valence-corrected chi connectivity index (χ4v) is 3.59. The molecule has 0 bridgehead atoms. The number of aromatic nitrogens is 1. The first-order valence-electron chi connectivity index (χ1n) is 5.90. The van der Waals surface area contributed by atoms with Crippen molar-refractivity contribution >= 4 is 21.6 Å². The molecule has 0 N–H and O–H groups in total. The molecule has 8 heteroatoms. The van der Waals surface area contributed by atoms with Crippen LogP contribution in [0.5, 0.6) is 0 Å². The van der Waals surface area contributed by atoms with E-state index in [1.807, 2.05) is 0 Å². The molecule has 1 fully saturated rings. The van der Waals surface area contributed by atoms with Crippen molar-refractivity contribution in [1.29, 1.82) is 0 Å². The summed E-state index contributed by atoms with van der Waals surface area (Å²) in [6.45, 7) is 6.47. The standard InChI is InChI=1S/C11H16ClN3O3S/c1-10(12)8-14-3-5-15(6-4-14)19(16,17)9-11-2-7-18-13-11/h2,7H,1,3-6,8-9H2. The molecule has 106 valence electrons. The molecular weight excluding hydrogens is 290 g/mol. The van der Waals surface area contributed by atoms with E-state index in [9.17, 15) is 8.42 Å².